The number of rotatable bonds is 3. The molecule has 1 N–H and O–H groups in total. The number of nitrogens with zero attached hydrogens (tertiary/aromatic N) is 2. The summed E-state index contributed by atoms with van der Waals surface area (Å²) in [6, 6.07) is 6.16. The van der Waals surface area contributed by atoms with Gasteiger partial charge in [0.2, 0.25) is 0 Å². The van der Waals surface area contributed by atoms with Gasteiger partial charge in [-0.25, -0.2) is 0 Å². The molecule has 0 saturated carbocycles. The predicted octanol–water partition coefficient (Wildman–Crippen LogP) is 2.53. The Balaban J connectivity index is 2.07. The normalized spacial score (nSPS) is 11.9. The third-order valence-corrected chi connectivity index (χ3v) is 3.61. The molecule has 3 nitrogen and oxygen atoms in total. The summed E-state index contributed by atoms with van der Waals surface area (Å²) in [4.78, 5) is 0. The second kappa shape index (κ2) is 4.56. The van der Waals surface area contributed by atoms with Crippen LogP contribution in [0.4, 0.5) is 5.69 Å². The van der Waals surface area contributed by atoms with Gasteiger partial charge in [0, 0.05) is 0 Å². The van der Waals surface area contributed by atoms with Crippen LogP contribution in [0.15, 0.2) is 18.2 Å². The minimum atomic E-state index is 0.0597. The molecule has 0 radical (unpaired) electrons. The molecule has 1 aromatic heterocycles. The molecule has 0 bridgehead atoms. The fourth-order valence-corrected chi connectivity index (χ4v) is 2.67. The van der Waals surface area contributed by atoms with E-state index in [0.717, 1.165) is 29.7 Å². The van der Waals surface area contributed by atoms with Gasteiger partial charge in [0.15, 0.2) is 0 Å². The van der Waals surface area contributed by atoms with Crippen molar-refractivity contribution >= 4 is 31.7 Å². The van der Waals surface area contributed by atoms with Crippen LogP contribution in [0.3, 0.4) is 0 Å². The van der Waals surface area contributed by atoms with Gasteiger partial charge >= 0.3 is 102 Å². The molecule has 0 fully saturated rings. The van der Waals surface area contributed by atoms with Crippen molar-refractivity contribution in [1.82, 2.24) is 7.96 Å². The van der Waals surface area contributed by atoms with Crippen LogP contribution in [-0.4, -0.2) is 29.5 Å². The van der Waals surface area contributed by atoms with Crippen LogP contribution in [0.5, 0.6) is 0 Å². The molecule has 1 aromatic carbocycles. The first-order valence-electron chi connectivity index (χ1n) is 5.51. The zero-order chi connectivity index (χ0) is 11.6. The van der Waals surface area contributed by atoms with Crippen molar-refractivity contribution in [2.45, 2.75) is 27.2 Å². The van der Waals surface area contributed by atoms with Crippen molar-refractivity contribution in [3.8, 4) is 0 Å². The number of anilines is 1. The second-order valence-electron chi connectivity index (χ2n) is 5.17. The van der Waals surface area contributed by atoms with E-state index in [9.17, 15) is 0 Å². The maximum atomic E-state index is 4.45. The van der Waals surface area contributed by atoms with Crippen molar-refractivity contribution < 1.29 is 0 Å². The molecule has 0 aliphatic carbocycles. The van der Waals surface area contributed by atoms with Crippen LogP contribution in [0.25, 0.3) is 11.0 Å². The van der Waals surface area contributed by atoms with Crippen LogP contribution in [0, 0.1) is 5.41 Å². The monoisotopic (exact) mass is 283 g/mol. The molecule has 4 heteroatoms. The van der Waals surface area contributed by atoms with E-state index < -0.39 is 0 Å². The van der Waals surface area contributed by atoms with E-state index in [4.69, 9.17) is 0 Å². The zero-order valence-corrected chi connectivity index (χ0v) is 11.7. The SMILES string of the molecule is CC(C)(C)CCNc1cccc2n[se]nc12. The van der Waals surface area contributed by atoms with Crippen molar-refractivity contribution in [1.29, 1.82) is 0 Å². The Hall–Kier alpha value is -0.861. The zero-order valence-electron chi connectivity index (χ0n) is 9.95. The third-order valence-electron chi connectivity index (χ3n) is 2.48. The summed E-state index contributed by atoms with van der Waals surface area (Å²) in [5, 5.41) is 3.46. The molecule has 0 spiro atoms. The van der Waals surface area contributed by atoms with E-state index in [1.165, 1.54) is 0 Å². The Morgan fingerprint density at radius 1 is 1.25 bits per heavy atom. The number of hydrogen-bond donors (Lipinski definition) is 1. The predicted molar refractivity (Wildman–Crippen MR) is 69.0 cm³/mol. The first kappa shape index (κ1) is 11.6. The molecule has 0 amide bonds. The minimum absolute atomic E-state index is 0.0597. The van der Waals surface area contributed by atoms with Gasteiger partial charge in [-0.3, -0.25) is 0 Å². The average molecular weight is 282 g/mol. The summed E-state index contributed by atoms with van der Waals surface area (Å²) in [5.74, 6) is 0. The van der Waals surface area contributed by atoms with Crippen LogP contribution < -0.4 is 5.32 Å². The fourth-order valence-electron chi connectivity index (χ4n) is 1.52. The Morgan fingerprint density at radius 3 is 2.81 bits per heavy atom. The Morgan fingerprint density at radius 2 is 2.06 bits per heavy atom. The fraction of sp³-hybridized carbons (Fsp3) is 0.500. The summed E-state index contributed by atoms with van der Waals surface area (Å²) in [6.07, 6.45) is 1.15. The summed E-state index contributed by atoms with van der Waals surface area (Å²) >= 11 is 0.0597. The first-order valence-corrected chi connectivity index (χ1v) is 7.05. The molecule has 86 valence electrons. The van der Waals surface area contributed by atoms with Gasteiger partial charge in [-0.05, 0) is 0 Å². The van der Waals surface area contributed by atoms with Crippen molar-refractivity contribution in [3.05, 3.63) is 18.2 Å². The van der Waals surface area contributed by atoms with Crippen LogP contribution in [-0.2, 0) is 0 Å². The summed E-state index contributed by atoms with van der Waals surface area (Å²) < 4.78 is 8.82. The molecule has 0 aliphatic rings. The Bertz CT molecular complexity index is 470. The number of fused-ring (bicyclic) bond motifs is 1. The molecule has 2 aromatic rings. The van der Waals surface area contributed by atoms with E-state index in [2.05, 4.69) is 40.1 Å². The number of benzene rings is 1. The van der Waals surface area contributed by atoms with Gasteiger partial charge in [-0.2, -0.15) is 0 Å². The summed E-state index contributed by atoms with van der Waals surface area (Å²) in [5.41, 5.74) is 3.60. The third kappa shape index (κ3) is 2.83. The Kier molecular flexibility index (Phi) is 3.31. The number of aromatic nitrogens is 2. The van der Waals surface area contributed by atoms with Crippen molar-refractivity contribution in [3.63, 3.8) is 0 Å². The molecular weight excluding hydrogens is 265 g/mol. The maximum absolute atomic E-state index is 4.45. The topological polar surface area (TPSA) is 37.8 Å². The first-order chi connectivity index (χ1) is 7.56. The van der Waals surface area contributed by atoms with E-state index in [0.29, 0.717) is 5.41 Å². The molecule has 2 rings (SSSR count). The van der Waals surface area contributed by atoms with E-state index in [-0.39, 0.29) is 15.0 Å². The van der Waals surface area contributed by atoms with E-state index in [1.807, 2.05) is 12.1 Å². The summed E-state index contributed by atoms with van der Waals surface area (Å²) in [6.45, 7) is 7.76. The molecule has 1 heterocycles. The average Bonchev–Trinajstić information content (AvgIpc) is 2.64. The summed E-state index contributed by atoms with van der Waals surface area (Å²) in [7, 11) is 0. The molecule has 0 atom stereocenters. The second-order valence-corrected chi connectivity index (χ2v) is 6.28. The van der Waals surface area contributed by atoms with E-state index in [1.54, 1.807) is 0 Å². The van der Waals surface area contributed by atoms with Gasteiger partial charge in [-0.15, -0.1) is 0 Å². The van der Waals surface area contributed by atoms with Gasteiger partial charge in [0.1, 0.15) is 0 Å². The quantitative estimate of drug-likeness (QED) is 0.879. The van der Waals surface area contributed by atoms with Gasteiger partial charge in [0.05, 0.1) is 0 Å². The molecule has 16 heavy (non-hydrogen) atoms. The van der Waals surface area contributed by atoms with Crippen LogP contribution in [0.2, 0.25) is 0 Å². The van der Waals surface area contributed by atoms with Crippen LogP contribution in [0.1, 0.15) is 27.2 Å². The van der Waals surface area contributed by atoms with Gasteiger partial charge in [0.25, 0.3) is 0 Å². The number of nitrogens with one attached hydrogen (secondary N) is 1. The molecular formula is C12H17N3Se. The van der Waals surface area contributed by atoms with Crippen molar-refractivity contribution in [2.75, 3.05) is 11.9 Å². The molecule has 0 unspecified atom stereocenters. The standard InChI is InChI=1S/C12H17N3Se/c1-12(2,3)7-8-13-9-5-4-6-10-11(9)15-16-14-10/h4-6,13H,7-8H2,1-3H3. The van der Waals surface area contributed by atoms with E-state index >= 15 is 0 Å². The van der Waals surface area contributed by atoms with Crippen molar-refractivity contribution in [2.24, 2.45) is 5.41 Å². The van der Waals surface area contributed by atoms with Gasteiger partial charge in [-0.1, -0.05) is 0 Å². The molecule has 0 aliphatic heterocycles. The van der Waals surface area contributed by atoms with Crippen LogP contribution >= 0.6 is 0 Å². The number of hydrogen-bond acceptors (Lipinski definition) is 3. The molecule has 0 saturated heterocycles. The Labute approximate surface area is 102 Å². The van der Waals surface area contributed by atoms with Gasteiger partial charge < -0.3 is 0 Å².